The average molecular weight is 551 g/mol. The molecule has 0 fully saturated rings. The van der Waals surface area contributed by atoms with Crippen LogP contribution in [0.5, 0.6) is 0 Å². The fourth-order valence-electron chi connectivity index (χ4n) is 5.86. The zero-order chi connectivity index (χ0) is 28.7. The predicted octanol–water partition coefficient (Wildman–Crippen LogP) is 8.10. The van der Waals surface area contributed by atoms with Crippen molar-refractivity contribution in [1.82, 2.24) is 9.80 Å². The van der Waals surface area contributed by atoms with Gasteiger partial charge in [-0.05, 0) is 64.9 Å². The molecule has 5 aromatic carbocycles. The van der Waals surface area contributed by atoms with Gasteiger partial charge < -0.3 is 0 Å². The number of hydrogen-bond donors (Lipinski definition) is 0. The summed E-state index contributed by atoms with van der Waals surface area (Å²) in [7, 11) is 0. The first-order valence-corrected chi connectivity index (χ1v) is 14.6. The Balaban J connectivity index is 1.21. The zero-order valence-electron chi connectivity index (χ0n) is 23.7. The fraction of sp³-hybridized carbons (Fsp3) is 0.158. The third-order valence-electron chi connectivity index (χ3n) is 7.98. The second-order valence-electron chi connectivity index (χ2n) is 10.8. The van der Waals surface area contributed by atoms with Gasteiger partial charge in [-0.2, -0.15) is 0 Å². The van der Waals surface area contributed by atoms with Gasteiger partial charge in [0.1, 0.15) is 0 Å². The highest BCUT2D eigenvalue weighted by Crippen LogP contribution is 2.28. The summed E-state index contributed by atoms with van der Waals surface area (Å²) in [6.07, 6.45) is 1.62. The maximum Gasteiger partial charge on any atom is 0.261 e. The van der Waals surface area contributed by atoms with Crippen LogP contribution in [-0.4, -0.2) is 34.7 Å². The maximum absolute atomic E-state index is 12.9. The molecule has 5 aromatic rings. The molecule has 0 unspecified atom stereocenters. The number of hydrogen-bond acceptors (Lipinski definition) is 3. The number of unbranched alkanes of at least 4 members (excludes halogenated alkanes) is 1. The summed E-state index contributed by atoms with van der Waals surface area (Å²) in [5.41, 5.74) is 8.49. The van der Waals surface area contributed by atoms with E-state index in [2.05, 4.69) is 102 Å². The number of fused-ring (bicyclic) bond motifs is 1. The standard InChI is InChI=1S/C38H34N2O2/c41-37-35-23-11-12-24-36(35)38(42)40(37)26-14-13-25-39(27-31-19-7-9-21-33(31)29-15-3-1-4-16-29)28-32-20-8-10-22-34(32)30-17-5-2-6-18-30/h1-12,15-24H,13-14,25-28H2. The van der Waals surface area contributed by atoms with Crippen molar-refractivity contribution in [3.8, 4) is 22.3 Å². The lowest BCUT2D eigenvalue weighted by molar-refractivity contribution is 0.0650. The van der Waals surface area contributed by atoms with Crippen molar-refractivity contribution in [3.63, 3.8) is 0 Å². The van der Waals surface area contributed by atoms with E-state index in [1.165, 1.54) is 38.3 Å². The van der Waals surface area contributed by atoms with Crippen LogP contribution in [0.3, 0.4) is 0 Å². The van der Waals surface area contributed by atoms with Gasteiger partial charge in [0.15, 0.2) is 0 Å². The van der Waals surface area contributed by atoms with Crippen LogP contribution in [0.1, 0.15) is 44.7 Å². The Morgan fingerprint density at radius 2 is 0.857 bits per heavy atom. The molecule has 0 spiro atoms. The lowest BCUT2D eigenvalue weighted by Gasteiger charge is -2.26. The minimum absolute atomic E-state index is 0.180. The van der Waals surface area contributed by atoms with Gasteiger partial charge in [0.05, 0.1) is 11.1 Å². The lowest BCUT2D eigenvalue weighted by atomic mass is 9.97. The molecule has 0 aromatic heterocycles. The molecular formula is C38H34N2O2. The van der Waals surface area contributed by atoms with Gasteiger partial charge in [-0.3, -0.25) is 19.4 Å². The van der Waals surface area contributed by atoms with Gasteiger partial charge in [-0.25, -0.2) is 0 Å². The molecule has 42 heavy (non-hydrogen) atoms. The number of imide groups is 1. The Hall–Kier alpha value is -4.80. The number of benzene rings is 5. The van der Waals surface area contributed by atoms with Crippen LogP contribution >= 0.6 is 0 Å². The molecule has 1 aliphatic rings. The van der Waals surface area contributed by atoms with Gasteiger partial charge in [-0.1, -0.05) is 121 Å². The number of amides is 2. The second kappa shape index (κ2) is 12.8. The highest BCUT2D eigenvalue weighted by molar-refractivity contribution is 6.21. The van der Waals surface area contributed by atoms with Crippen molar-refractivity contribution in [2.45, 2.75) is 25.9 Å². The number of carbonyl (C=O) groups excluding carboxylic acids is 2. The Morgan fingerprint density at radius 1 is 0.452 bits per heavy atom. The monoisotopic (exact) mass is 550 g/mol. The van der Waals surface area contributed by atoms with Crippen molar-refractivity contribution < 1.29 is 9.59 Å². The van der Waals surface area contributed by atoms with Crippen molar-refractivity contribution in [2.24, 2.45) is 0 Å². The van der Waals surface area contributed by atoms with Crippen LogP contribution < -0.4 is 0 Å². The summed E-state index contributed by atoms with van der Waals surface area (Å²) in [4.78, 5) is 29.6. The predicted molar refractivity (Wildman–Crippen MR) is 169 cm³/mol. The Labute approximate surface area is 247 Å². The summed E-state index contributed by atoms with van der Waals surface area (Å²) < 4.78 is 0. The Morgan fingerprint density at radius 3 is 1.33 bits per heavy atom. The minimum atomic E-state index is -0.180. The van der Waals surface area contributed by atoms with Crippen molar-refractivity contribution in [3.05, 3.63) is 156 Å². The van der Waals surface area contributed by atoms with Gasteiger partial charge >= 0.3 is 0 Å². The first-order chi connectivity index (χ1) is 20.7. The van der Waals surface area contributed by atoms with E-state index in [0.29, 0.717) is 17.7 Å². The third kappa shape index (κ3) is 5.95. The smallest absolute Gasteiger partial charge is 0.261 e. The molecule has 0 atom stereocenters. The van der Waals surface area contributed by atoms with Crippen LogP contribution in [0.15, 0.2) is 133 Å². The van der Waals surface area contributed by atoms with Crippen molar-refractivity contribution in [2.75, 3.05) is 13.1 Å². The van der Waals surface area contributed by atoms with Crippen molar-refractivity contribution >= 4 is 11.8 Å². The van der Waals surface area contributed by atoms with E-state index in [-0.39, 0.29) is 11.8 Å². The summed E-state index contributed by atoms with van der Waals surface area (Å²) in [5.74, 6) is -0.359. The average Bonchev–Trinajstić information content (AvgIpc) is 3.29. The highest BCUT2D eigenvalue weighted by Gasteiger charge is 2.34. The van der Waals surface area contributed by atoms with E-state index >= 15 is 0 Å². The van der Waals surface area contributed by atoms with E-state index in [0.717, 1.165) is 32.5 Å². The number of carbonyl (C=O) groups is 2. The largest absolute Gasteiger partial charge is 0.295 e. The van der Waals surface area contributed by atoms with E-state index < -0.39 is 0 Å². The Kier molecular flexibility index (Phi) is 8.34. The van der Waals surface area contributed by atoms with Crippen molar-refractivity contribution in [1.29, 1.82) is 0 Å². The molecular weight excluding hydrogens is 516 g/mol. The van der Waals surface area contributed by atoms with E-state index in [9.17, 15) is 9.59 Å². The summed E-state index contributed by atoms with van der Waals surface area (Å²) in [5, 5.41) is 0. The number of rotatable bonds is 11. The highest BCUT2D eigenvalue weighted by atomic mass is 16.2. The number of nitrogens with zero attached hydrogens (tertiary/aromatic N) is 2. The summed E-state index contributed by atoms with van der Waals surface area (Å²) in [6, 6.07) is 45.4. The van der Waals surface area contributed by atoms with Gasteiger partial charge in [0.25, 0.3) is 11.8 Å². The second-order valence-corrected chi connectivity index (χ2v) is 10.8. The van der Waals surface area contributed by atoms with Crippen LogP contribution in [-0.2, 0) is 13.1 Å². The van der Waals surface area contributed by atoms with Crippen LogP contribution in [0, 0.1) is 0 Å². The molecule has 0 N–H and O–H groups in total. The quantitative estimate of drug-likeness (QED) is 0.123. The molecule has 6 rings (SSSR count). The van der Waals surface area contributed by atoms with E-state index in [4.69, 9.17) is 0 Å². The third-order valence-corrected chi connectivity index (χ3v) is 7.98. The van der Waals surface area contributed by atoms with Gasteiger partial charge in [0.2, 0.25) is 0 Å². The molecule has 0 saturated heterocycles. The van der Waals surface area contributed by atoms with Crippen LogP contribution in [0.2, 0.25) is 0 Å². The molecule has 1 heterocycles. The maximum atomic E-state index is 12.9. The molecule has 4 heteroatoms. The molecule has 0 radical (unpaired) electrons. The summed E-state index contributed by atoms with van der Waals surface area (Å²) >= 11 is 0. The Bertz CT molecular complexity index is 1560. The summed E-state index contributed by atoms with van der Waals surface area (Å²) in [6.45, 7) is 2.86. The molecule has 208 valence electrons. The van der Waals surface area contributed by atoms with Crippen LogP contribution in [0.25, 0.3) is 22.3 Å². The minimum Gasteiger partial charge on any atom is -0.295 e. The normalized spacial score (nSPS) is 12.6. The molecule has 4 nitrogen and oxygen atoms in total. The zero-order valence-corrected chi connectivity index (χ0v) is 23.7. The molecule has 2 amide bonds. The first-order valence-electron chi connectivity index (χ1n) is 14.6. The first kappa shape index (κ1) is 27.4. The molecule has 0 aliphatic carbocycles. The lowest BCUT2D eigenvalue weighted by Crippen LogP contribution is -2.31. The molecule has 0 saturated carbocycles. The molecule has 1 aliphatic heterocycles. The topological polar surface area (TPSA) is 40.6 Å². The van der Waals surface area contributed by atoms with E-state index in [1.807, 2.05) is 24.3 Å². The van der Waals surface area contributed by atoms with Gasteiger partial charge in [-0.15, -0.1) is 0 Å². The molecule has 0 bridgehead atoms. The SMILES string of the molecule is O=C1c2ccccc2C(=O)N1CCCCN(Cc1ccccc1-c1ccccc1)Cc1ccccc1-c1ccccc1. The van der Waals surface area contributed by atoms with Gasteiger partial charge in [0, 0.05) is 19.6 Å². The van der Waals surface area contributed by atoms with Crippen LogP contribution in [0.4, 0.5) is 0 Å². The van der Waals surface area contributed by atoms with E-state index in [1.54, 1.807) is 12.1 Å². The fourth-order valence-corrected chi connectivity index (χ4v) is 5.86.